The van der Waals surface area contributed by atoms with Gasteiger partial charge >= 0.3 is 0 Å². The smallest absolute Gasteiger partial charge is 0.224 e. The van der Waals surface area contributed by atoms with Crippen LogP contribution in [0.5, 0.6) is 0 Å². The number of carbonyl (C=O) groups excluding carboxylic acids is 1. The molecule has 0 aliphatic rings. The molecule has 1 aromatic rings. The maximum absolute atomic E-state index is 11.6. The van der Waals surface area contributed by atoms with E-state index in [2.05, 4.69) is 4.99 Å². The Labute approximate surface area is 94.9 Å². The molecule has 1 aromatic carbocycles. The molecule has 0 aliphatic carbocycles. The topological polar surface area (TPSA) is 63.6 Å². The second-order valence-electron chi connectivity index (χ2n) is 4.03. The molecule has 86 valence electrons. The van der Waals surface area contributed by atoms with E-state index < -0.39 is 15.4 Å². The van der Waals surface area contributed by atoms with Crippen LogP contribution in [0.4, 0.5) is 0 Å². The molecule has 0 aliphatic heterocycles. The lowest BCUT2D eigenvalue weighted by Crippen LogP contribution is -2.17. The average Bonchev–Trinajstić information content (AvgIpc) is 2.16. The minimum Gasteiger partial charge on any atom is -0.224 e. The van der Waals surface area contributed by atoms with E-state index in [9.17, 15) is 13.2 Å². The first-order valence-corrected chi connectivity index (χ1v) is 6.57. The van der Waals surface area contributed by atoms with Gasteiger partial charge in [-0.25, -0.2) is 13.2 Å². The molecule has 0 N–H and O–H groups in total. The molecular formula is C11H13NO3S. The lowest BCUT2D eigenvalue weighted by Gasteiger charge is -2.20. The molecule has 0 radical (unpaired) electrons. The average molecular weight is 239 g/mol. The van der Waals surface area contributed by atoms with Gasteiger partial charge in [-0.1, -0.05) is 18.2 Å². The zero-order chi connectivity index (χ0) is 12.4. The van der Waals surface area contributed by atoms with Crippen LogP contribution in [-0.2, 0) is 20.2 Å². The van der Waals surface area contributed by atoms with Crippen LogP contribution in [0, 0.1) is 0 Å². The maximum atomic E-state index is 11.6. The van der Waals surface area contributed by atoms with E-state index in [4.69, 9.17) is 0 Å². The molecule has 0 amide bonds. The van der Waals surface area contributed by atoms with E-state index in [-0.39, 0.29) is 4.90 Å². The largest absolute Gasteiger partial charge is 0.235 e. The highest BCUT2D eigenvalue weighted by atomic mass is 32.2. The Morgan fingerprint density at radius 3 is 2.31 bits per heavy atom. The lowest BCUT2D eigenvalue weighted by molar-refractivity contribution is 0.513. The van der Waals surface area contributed by atoms with Crippen LogP contribution in [0.2, 0.25) is 0 Å². The second-order valence-corrected chi connectivity index (χ2v) is 6.01. The Morgan fingerprint density at radius 2 is 1.81 bits per heavy atom. The fraction of sp³-hybridized carbons (Fsp3) is 0.364. The van der Waals surface area contributed by atoms with E-state index in [1.807, 2.05) is 0 Å². The summed E-state index contributed by atoms with van der Waals surface area (Å²) >= 11 is 0. The van der Waals surface area contributed by atoms with Crippen molar-refractivity contribution in [1.82, 2.24) is 0 Å². The van der Waals surface area contributed by atoms with Crippen LogP contribution in [0.25, 0.3) is 0 Å². The summed E-state index contributed by atoms with van der Waals surface area (Å²) in [6.45, 7) is 3.34. The van der Waals surface area contributed by atoms with Gasteiger partial charge in [-0.05, 0) is 25.5 Å². The van der Waals surface area contributed by atoms with Gasteiger partial charge in [-0.15, -0.1) is 0 Å². The van der Waals surface area contributed by atoms with E-state index in [0.717, 1.165) is 6.26 Å². The van der Waals surface area contributed by atoms with Crippen LogP contribution in [0.3, 0.4) is 0 Å². The molecule has 4 nitrogen and oxygen atoms in total. The molecule has 16 heavy (non-hydrogen) atoms. The van der Waals surface area contributed by atoms with Gasteiger partial charge in [0, 0.05) is 6.26 Å². The van der Waals surface area contributed by atoms with Crippen molar-refractivity contribution in [3.63, 3.8) is 0 Å². The number of nitrogens with zero attached hydrogens (tertiary/aromatic N) is 1. The van der Waals surface area contributed by atoms with Crippen LogP contribution in [-0.4, -0.2) is 20.8 Å². The molecule has 0 unspecified atom stereocenters. The van der Waals surface area contributed by atoms with Gasteiger partial charge < -0.3 is 0 Å². The second kappa shape index (κ2) is 4.20. The number of hydrogen-bond acceptors (Lipinski definition) is 4. The van der Waals surface area contributed by atoms with Gasteiger partial charge in [-0.3, -0.25) is 0 Å². The summed E-state index contributed by atoms with van der Waals surface area (Å²) in [5.74, 6) is 0. The summed E-state index contributed by atoms with van der Waals surface area (Å²) in [7, 11) is -3.32. The zero-order valence-corrected chi connectivity index (χ0v) is 10.2. The van der Waals surface area contributed by atoms with Crippen LogP contribution in [0.15, 0.2) is 34.2 Å². The number of rotatable bonds is 3. The quantitative estimate of drug-likeness (QED) is 0.595. The van der Waals surface area contributed by atoms with Crippen LogP contribution >= 0.6 is 0 Å². The van der Waals surface area contributed by atoms with Crippen molar-refractivity contribution in [2.24, 2.45) is 4.99 Å². The minimum atomic E-state index is -3.32. The fourth-order valence-corrected chi connectivity index (χ4v) is 2.51. The highest BCUT2D eigenvalue weighted by Gasteiger charge is 2.26. The Morgan fingerprint density at radius 1 is 1.25 bits per heavy atom. The van der Waals surface area contributed by atoms with Crippen molar-refractivity contribution in [3.8, 4) is 0 Å². The van der Waals surface area contributed by atoms with Gasteiger partial charge in [0.2, 0.25) is 6.08 Å². The molecule has 0 atom stereocenters. The molecular weight excluding hydrogens is 226 g/mol. The summed E-state index contributed by atoms with van der Waals surface area (Å²) in [6, 6.07) is 6.51. The molecule has 0 fully saturated rings. The Bertz CT molecular complexity index is 540. The van der Waals surface area contributed by atoms with E-state index >= 15 is 0 Å². The normalized spacial score (nSPS) is 11.9. The summed E-state index contributed by atoms with van der Waals surface area (Å²) in [5.41, 5.74) is -0.387. The maximum Gasteiger partial charge on any atom is 0.235 e. The van der Waals surface area contributed by atoms with Crippen molar-refractivity contribution in [2.75, 3.05) is 6.26 Å². The lowest BCUT2D eigenvalue weighted by atomic mass is 9.95. The molecule has 5 heteroatoms. The highest BCUT2D eigenvalue weighted by molar-refractivity contribution is 7.90. The van der Waals surface area contributed by atoms with E-state index in [1.165, 1.54) is 12.1 Å². The zero-order valence-electron chi connectivity index (χ0n) is 9.39. The van der Waals surface area contributed by atoms with Gasteiger partial charge in [0.1, 0.15) is 0 Å². The van der Waals surface area contributed by atoms with E-state index in [1.54, 1.807) is 32.0 Å². The standard InChI is InChI=1S/C11H13NO3S/c1-11(2,12-8-13)9-6-4-5-7-10(9)16(3,14)15/h4-7H,1-3H3. The molecule has 0 saturated carbocycles. The first kappa shape index (κ1) is 12.6. The Kier molecular flexibility index (Phi) is 3.31. The number of isocyanates is 1. The molecule has 1 rings (SSSR count). The fourth-order valence-electron chi connectivity index (χ4n) is 1.47. The predicted molar refractivity (Wildman–Crippen MR) is 60.7 cm³/mol. The number of benzene rings is 1. The third-order valence-corrected chi connectivity index (χ3v) is 3.43. The number of sulfone groups is 1. The SMILES string of the molecule is CC(C)(N=C=O)c1ccccc1S(C)(=O)=O. The van der Waals surface area contributed by atoms with Gasteiger partial charge in [0.15, 0.2) is 9.84 Å². The van der Waals surface area contributed by atoms with Crippen LogP contribution in [0.1, 0.15) is 19.4 Å². The molecule has 0 saturated heterocycles. The van der Waals surface area contributed by atoms with Gasteiger partial charge in [0.25, 0.3) is 0 Å². The first-order valence-electron chi connectivity index (χ1n) is 4.67. The van der Waals surface area contributed by atoms with Gasteiger partial charge in [-0.2, -0.15) is 4.99 Å². The Balaban J connectivity index is 3.52. The van der Waals surface area contributed by atoms with Crippen molar-refractivity contribution >= 4 is 15.9 Å². The van der Waals surface area contributed by atoms with Crippen LogP contribution < -0.4 is 0 Å². The van der Waals surface area contributed by atoms with Gasteiger partial charge in [0.05, 0.1) is 10.4 Å². The number of aliphatic imine (C=N–C) groups is 1. The highest BCUT2D eigenvalue weighted by Crippen LogP contribution is 2.29. The Hall–Kier alpha value is -1.45. The van der Waals surface area contributed by atoms with Crippen molar-refractivity contribution < 1.29 is 13.2 Å². The summed E-state index contributed by atoms with van der Waals surface area (Å²) < 4.78 is 23.1. The third-order valence-electron chi connectivity index (χ3n) is 2.27. The van der Waals surface area contributed by atoms with E-state index in [0.29, 0.717) is 5.56 Å². The van der Waals surface area contributed by atoms with Crippen molar-refractivity contribution in [3.05, 3.63) is 29.8 Å². The predicted octanol–water partition coefficient (Wildman–Crippen LogP) is 1.66. The molecule has 0 spiro atoms. The molecule has 0 heterocycles. The minimum absolute atomic E-state index is 0.194. The third kappa shape index (κ3) is 2.56. The summed E-state index contributed by atoms with van der Waals surface area (Å²) in [5, 5.41) is 0. The molecule has 0 aromatic heterocycles. The van der Waals surface area contributed by atoms with Crippen molar-refractivity contribution in [2.45, 2.75) is 24.3 Å². The first-order chi connectivity index (χ1) is 7.29. The number of hydrogen-bond donors (Lipinski definition) is 0. The van der Waals surface area contributed by atoms with Crippen molar-refractivity contribution in [1.29, 1.82) is 0 Å². The molecule has 0 bridgehead atoms. The summed E-state index contributed by atoms with van der Waals surface area (Å²) in [6.07, 6.45) is 2.60. The summed E-state index contributed by atoms with van der Waals surface area (Å²) in [4.78, 5) is 14.1. The monoisotopic (exact) mass is 239 g/mol.